The number of allylic oxidation sites excluding steroid dienone is 1. The van der Waals surface area contributed by atoms with Crippen molar-refractivity contribution in [3.8, 4) is 0 Å². The average Bonchev–Trinajstić information content (AvgIpc) is 1.63. The normalized spacial score (nSPS) is 13.1. The molecule has 0 saturated heterocycles. The highest BCUT2D eigenvalue weighted by Crippen LogP contribution is 2.12. The van der Waals surface area contributed by atoms with E-state index in [0.717, 1.165) is 6.42 Å². The first kappa shape index (κ1) is 8.54. The van der Waals surface area contributed by atoms with Gasteiger partial charge in [0.15, 0.2) is 0 Å². The molecule has 0 aromatic rings. The summed E-state index contributed by atoms with van der Waals surface area (Å²) < 4.78 is 0. The SMILES string of the molecule is C=C(O)CC(C)CCC. The van der Waals surface area contributed by atoms with Crippen molar-refractivity contribution in [2.75, 3.05) is 0 Å². The van der Waals surface area contributed by atoms with Crippen molar-refractivity contribution in [2.24, 2.45) is 5.92 Å². The number of aliphatic hydroxyl groups is 1. The maximum absolute atomic E-state index is 8.75. The Labute approximate surface area is 57.4 Å². The third-order valence-corrected chi connectivity index (χ3v) is 1.37. The van der Waals surface area contributed by atoms with Gasteiger partial charge in [-0.3, -0.25) is 0 Å². The van der Waals surface area contributed by atoms with Crippen LogP contribution >= 0.6 is 0 Å². The molecule has 0 heterocycles. The Bertz CT molecular complexity index is 86.6. The van der Waals surface area contributed by atoms with Crippen molar-refractivity contribution in [3.63, 3.8) is 0 Å². The molecule has 0 aromatic carbocycles. The van der Waals surface area contributed by atoms with E-state index >= 15 is 0 Å². The lowest BCUT2D eigenvalue weighted by Crippen LogP contribution is -1.94. The van der Waals surface area contributed by atoms with Gasteiger partial charge in [-0.25, -0.2) is 0 Å². The van der Waals surface area contributed by atoms with Gasteiger partial charge >= 0.3 is 0 Å². The second kappa shape index (κ2) is 4.42. The van der Waals surface area contributed by atoms with Gasteiger partial charge in [-0.1, -0.05) is 33.3 Å². The zero-order chi connectivity index (χ0) is 7.28. The van der Waals surface area contributed by atoms with Crippen LogP contribution in [0.1, 0.15) is 33.1 Å². The molecule has 1 unspecified atom stereocenters. The van der Waals surface area contributed by atoms with Crippen LogP contribution in [0, 0.1) is 5.92 Å². The van der Waals surface area contributed by atoms with E-state index in [-0.39, 0.29) is 0 Å². The zero-order valence-electron chi connectivity index (χ0n) is 6.35. The highest BCUT2D eigenvalue weighted by Gasteiger charge is 2.00. The Morgan fingerprint density at radius 2 is 2.22 bits per heavy atom. The van der Waals surface area contributed by atoms with Gasteiger partial charge in [0, 0.05) is 6.42 Å². The van der Waals surface area contributed by atoms with Crippen LogP contribution in [0.15, 0.2) is 12.3 Å². The summed E-state index contributed by atoms with van der Waals surface area (Å²) in [6, 6.07) is 0. The fourth-order valence-electron chi connectivity index (χ4n) is 0.997. The van der Waals surface area contributed by atoms with Crippen LogP contribution in [-0.4, -0.2) is 5.11 Å². The molecule has 1 heteroatoms. The van der Waals surface area contributed by atoms with Crippen LogP contribution in [0.25, 0.3) is 0 Å². The van der Waals surface area contributed by atoms with E-state index in [2.05, 4.69) is 20.4 Å². The number of hydrogen-bond donors (Lipinski definition) is 1. The largest absolute Gasteiger partial charge is 0.513 e. The van der Waals surface area contributed by atoms with Gasteiger partial charge in [-0.15, -0.1) is 0 Å². The first-order valence-electron chi connectivity index (χ1n) is 3.53. The van der Waals surface area contributed by atoms with Crippen molar-refractivity contribution >= 4 is 0 Å². The lowest BCUT2D eigenvalue weighted by atomic mass is 10.0. The van der Waals surface area contributed by atoms with E-state index in [1.165, 1.54) is 12.8 Å². The first-order valence-corrected chi connectivity index (χ1v) is 3.53. The van der Waals surface area contributed by atoms with E-state index in [1.807, 2.05) is 0 Å². The Hall–Kier alpha value is -0.460. The van der Waals surface area contributed by atoms with E-state index < -0.39 is 0 Å². The highest BCUT2D eigenvalue weighted by molar-refractivity contribution is 4.80. The van der Waals surface area contributed by atoms with E-state index in [4.69, 9.17) is 5.11 Å². The fraction of sp³-hybridized carbons (Fsp3) is 0.750. The molecule has 0 aliphatic rings. The number of aliphatic hydroxyl groups excluding tert-OH is 1. The van der Waals surface area contributed by atoms with Crippen molar-refractivity contribution in [2.45, 2.75) is 33.1 Å². The topological polar surface area (TPSA) is 20.2 Å². The van der Waals surface area contributed by atoms with Crippen LogP contribution in [0.5, 0.6) is 0 Å². The summed E-state index contributed by atoms with van der Waals surface area (Å²) in [5, 5.41) is 8.75. The lowest BCUT2D eigenvalue weighted by molar-refractivity contribution is 0.352. The van der Waals surface area contributed by atoms with Crippen molar-refractivity contribution in [1.82, 2.24) is 0 Å². The molecular formula is C8H16O. The van der Waals surface area contributed by atoms with Crippen LogP contribution in [0.4, 0.5) is 0 Å². The quantitative estimate of drug-likeness (QED) is 0.577. The zero-order valence-corrected chi connectivity index (χ0v) is 6.35. The summed E-state index contributed by atoms with van der Waals surface area (Å²) in [7, 11) is 0. The lowest BCUT2D eigenvalue weighted by Gasteiger charge is -2.06. The average molecular weight is 128 g/mol. The van der Waals surface area contributed by atoms with Crippen molar-refractivity contribution in [1.29, 1.82) is 0 Å². The van der Waals surface area contributed by atoms with Gasteiger partial charge in [-0.2, -0.15) is 0 Å². The Balaban J connectivity index is 3.26. The summed E-state index contributed by atoms with van der Waals surface area (Å²) in [5.74, 6) is 0.906. The maximum atomic E-state index is 8.75. The molecule has 1 nitrogen and oxygen atoms in total. The van der Waals surface area contributed by atoms with Crippen LogP contribution in [0.2, 0.25) is 0 Å². The van der Waals surface area contributed by atoms with Gasteiger partial charge < -0.3 is 5.11 Å². The monoisotopic (exact) mass is 128 g/mol. The second-order valence-corrected chi connectivity index (χ2v) is 2.66. The van der Waals surface area contributed by atoms with Gasteiger partial charge in [0.2, 0.25) is 0 Å². The van der Waals surface area contributed by atoms with Gasteiger partial charge in [0.1, 0.15) is 0 Å². The standard InChI is InChI=1S/C8H16O/c1-4-5-7(2)6-8(3)9/h7,9H,3-6H2,1-2H3. The van der Waals surface area contributed by atoms with Crippen molar-refractivity contribution in [3.05, 3.63) is 12.3 Å². The molecule has 0 fully saturated rings. The summed E-state index contributed by atoms with van der Waals surface area (Å²) in [4.78, 5) is 0. The smallest absolute Gasteiger partial charge is 0.0853 e. The second-order valence-electron chi connectivity index (χ2n) is 2.66. The molecule has 0 aliphatic heterocycles. The predicted octanol–water partition coefficient (Wildman–Crippen LogP) is 2.88. The van der Waals surface area contributed by atoms with E-state index in [0.29, 0.717) is 11.7 Å². The third-order valence-electron chi connectivity index (χ3n) is 1.37. The minimum absolute atomic E-state index is 0.316. The van der Waals surface area contributed by atoms with Gasteiger partial charge in [0.25, 0.3) is 0 Å². The molecule has 0 aliphatic carbocycles. The number of rotatable bonds is 4. The molecule has 9 heavy (non-hydrogen) atoms. The van der Waals surface area contributed by atoms with Crippen LogP contribution in [-0.2, 0) is 0 Å². The van der Waals surface area contributed by atoms with Crippen LogP contribution in [0.3, 0.4) is 0 Å². The molecule has 0 aromatic heterocycles. The molecule has 1 atom stereocenters. The molecule has 0 amide bonds. The minimum atomic E-state index is 0.316. The van der Waals surface area contributed by atoms with Gasteiger partial charge in [0.05, 0.1) is 5.76 Å². The van der Waals surface area contributed by atoms with Crippen molar-refractivity contribution < 1.29 is 5.11 Å². The maximum Gasteiger partial charge on any atom is 0.0853 e. The molecule has 0 rings (SSSR count). The summed E-state index contributed by atoms with van der Waals surface area (Å²) in [6.45, 7) is 7.71. The highest BCUT2D eigenvalue weighted by atomic mass is 16.3. The first-order chi connectivity index (χ1) is 4.16. The third kappa shape index (κ3) is 5.41. The summed E-state index contributed by atoms with van der Waals surface area (Å²) in [6.07, 6.45) is 3.13. The molecule has 0 saturated carbocycles. The van der Waals surface area contributed by atoms with Gasteiger partial charge in [-0.05, 0) is 5.92 Å². The number of hydrogen-bond acceptors (Lipinski definition) is 1. The molecule has 0 radical (unpaired) electrons. The Morgan fingerprint density at radius 3 is 2.56 bits per heavy atom. The molecule has 54 valence electrons. The fourth-order valence-corrected chi connectivity index (χ4v) is 0.997. The molecule has 0 spiro atoms. The Morgan fingerprint density at radius 1 is 1.67 bits per heavy atom. The van der Waals surface area contributed by atoms with Crippen LogP contribution < -0.4 is 0 Å². The molecular weight excluding hydrogens is 112 g/mol. The van der Waals surface area contributed by atoms with E-state index in [9.17, 15) is 0 Å². The summed E-state index contributed by atoms with van der Waals surface area (Å²) in [5.41, 5.74) is 0. The Kier molecular flexibility index (Phi) is 4.20. The summed E-state index contributed by atoms with van der Waals surface area (Å²) >= 11 is 0. The molecule has 1 N–H and O–H groups in total. The van der Waals surface area contributed by atoms with E-state index in [1.54, 1.807) is 0 Å². The minimum Gasteiger partial charge on any atom is -0.513 e. The predicted molar refractivity (Wildman–Crippen MR) is 40.5 cm³/mol. The molecule has 0 bridgehead atoms.